The van der Waals surface area contributed by atoms with Crippen LogP contribution in [-0.4, -0.2) is 50.7 Å². The van der Waals surface area contributed by atoms with E-state index in [4.69, 9.17) is 0 Å². The van der Waals surface area contributed by atoms with E-state index < -0.39 is 15.8 Å². The monoisotopic (exact) mass is 624 g/mol. The molecule has 45 heavy (non-hydrogen) atoms. The van der Waals surface area contributed by atoms with Crippen LogP contribution in [0.15, 0.2) is 67.3 Å². The SMILES string of the molecule is CS(=O)(=O)NCc1cc(F)cc(-c2ccnc3[nH]c(-c4[nH]nc5ncc(-c6cncc(NC(=O)C7CCCC7)c6)cc45)cc23)c1. The Kier molecular flexibility index (Phi) is 7.34. The summed E-state index contributed by atoms with van der Waals surface area (Å²) in [5, 5.41) is 12.0. The molecule has 7 rings (SSSR count). The summed E-state index contributed by atoms with van der Waals surface area (Å²) < 4.78 is 40.2. The van der Waals surface area contributed by atoms with Crippen molar-refractivity contribution in [3.8, 4) is 33.6 Å². The fourth-order valence-corrected chi connectivity index (χ4v) is 6.33. The van der Waals surface area contributed by atoms with Crippen LogP contribution >= 0.6 is 0 Å². The summed E-state index contributed by atoms with van der Waals surface area (Å²) >= 11 is 0. The number of carbonyl (C=O) groups is 1. The van der Waals surface area contributed by atoms with Crippen molar-refractivity contribution in [3.05, 3.63) is 78.6 Å². The van der Waals surface area contributed by atoms with Crippen molar-refractivity contribution < 1.29 is 17.6 Å². The highest BCUT2D eigenvalue weighted by Gasteiger charge is 2.23. The Balaban J connectivity index is 1.22. The second-order valence-electron chi connectivity index (χ2n) is 11.4. The molecule has 6 aromatic rings. The maximum absolute atomic E-state index is 14.6. The van der Waals surface area contributed by atoms with Gasteiger partial charge in [0.15, 0.2) is 5.65 Å². The molecule has 0 atom stereocenters. The van der Waals surface area contributed by atoms with Crippen LogP contribution in [0.4, 0.5) is 10.1 Å². The van der Waals surface area contributed by atoms with E-state index in [0.29, 0.717) is 39.5 Å². The first-order valence-corrected chi connectivity index (χ1v) is 16.4. The van der Waals surface area contributed by atoms with Crippen LogP contribution in [0, 0.1) is 11.7 Å². The van der Waals surface area contributed by atoms with Gasteiger partial charge >= 0.3 is 0 Å². The number of amides is 1. The molecule has 4 N–H and O–H groups in total. The third kappa shape index (κ3) is 6.04. The summed E-state index contributed by atoms with van der Waals surface area (Å²) in [6.45, 7) is -0.0308. The lowest BCUT2D eigenvalue weighted by Crippen LogP contribution is -2.21. The third-order valence-electron chi connectivity index (χ3n) is 8.08. The number of pyridine rings is 3. The number of rotatable bonds is 8. The summed E-state index contributed by atoms with van der Waals surface area (Å²) in [6.07, 6.45) is 11.8. The molecular weight excluding hydrogens is 595 g/mol. The van der Waals surface area contributed by atoms with Gasteiger partial charge in [0.2, 0.25) is 15.9 Å². The molecule has 0 saturated heterocycles. The second-order valence-corrected chi connectivity index (χ2v) is 13.2. The number of benzene rings is 1. The van der Waals surface area contributed by atoms with Gasteiger partial charge in [-0.05, 0) is 72.0 Å². The number of aromatic nitrogens is 6. The Hall–Kier alpha value is -5.01. The Morgan fingerprint density at radius 3 is 2.62 bits per heavy atom. The number of fused-ring (bicyclic) bond motifs is 2. The third-order valence-corrected chi connectivity index (χ3v) is 8.75. The molecule has 1 fully saturated rings. The predicted octanol–water partition coefficient (Wildman–Crippen LogP) is 5.55. The number of sulfonamides is 1. The van der Waals surface area contributed by atoms with Gasteiger partial charge in [0.25, 0.3) is 0 Å². The highest BCUT2D eigenvalue weighted by molar-refractivity contribution is 7.88. The predicted molar refractivity (Wildman–Crippen MR) is 170 cm³/mol. The van der Waals surface area contributed by atoms with E-state index in [1.165, 1.54) is 12.1 Å². The van der Waals surface area contributed by atoms with Crippen LogP contribution in [-0.2, 0) is 21.4 Å². The van der Waals surface area contributed by atoms with E-state index in [0.717, 1.165) is 59.4 Å². The van der Waals surface area contributed by atoms with Crippen molar-refractivity contribution in [2.24, 2.45) is 5.92 Å². The lowest BCUT2D eigenvalue weighted by molar-refractivity contribution is -0.119. The number of hydrogen-bond donors (Lipinski definition) is 4. The van der Waals surface area contributed by atoms with Crippen LogP contribution in [0.2, 0.25) is 0 Å². The zero-order valence-electron chi connectivity index (χ0n) is 24.3. The summed E-state index contributed by atoms with van der Waals surface area (Å²) in [4.78, 5) is 29.4. The number of H-pyrrole nitrogens is 2. The molecule has 0 bridgehead atoms. The van der Waals surface area contributed by atoms with Gasteiger partial charge in [-0.2, -0.15) is 5.10 Å². The van der Waals surface area contributed by atoms with Gasteiger partial charge in [0, 0.05) is 53.0 Å². The maximum atomic E-state index is 14.6. The fraction of sp³-hybridized carbons (Fsp3) is 0.219. The van der Waals surface area contributed by atoms with Crippen molar-refractivity contribution in [1.29, 1.82) is 0 Å². The molecule has 1 aromatic carbocycles. The molecule has 5 aromatic heterocycles. The van der Waals surface area contributed by atoms with Crippen LogP contribution < -0.4 is 10.0 Å². The Morgan fingerprint density at radius 1 is 0.978 bits per heavy atom. The van der Waals surface area contributed by atoms with Gasteiger partial charge in [-0.15, -0.1) is 0 Å². The molecule has 1 amide bonds. The lowest BCUT2D eigenvalue weighted by atomic mass is 10.0. The number of aromatic amines is 2. The van der Waals surface area contributed by atoms with Gasteiger partial charge in [0.05, 0.1) is 29.5 Å². The average molecular weight is 625 g/mol. The highest BCUT2D eigenvalue weighted by atomic mass is 32.2. The largest absolute Gasteiger partial charge is 0.338 e. The molecule has 5 heterocycles. The number of halogens is 1. The first kappa shape index (κ1) is 28.7. The first-order chi connectivity index (χ1) is 21.7. The number of anilines is 1. The minimum absolute atomic E-state index is 0.0308. The molecule has 0 radical (unpaired) electrons. The number of carbonyl (C=O) groups excluding carboxylic acids is 1. The molecule has 0 unspecified atom stereocenters. The summed E-state index contributed by atoms with van der Waals surface area (Å²) in [7, 11) is -3.44. The molecule has 1 aliphatic rings. The minimum Gasteiger partial charge on any atom is -0.338 e. The molecule has 11 nitrogen and oxygen atoms in total. The highest BCUT2D eigenvalue weighted by Crippen LogP contribution is 2.35. The lowest BCUT2D eigenvalue weighted by Gasteiger charge is -2.11. The van der Waals surface area contributed by atoms with E-state index in [1.807, 2.05) is 18.2 Å². The van der Waals surface area contributed by atoms with Gasteiger partial charge in [-0.3, -0.25) is 14.9 Å². The minimum atomic E-state index is -3.44. The maximum Gasteiger partial charge on any atom is 0.227 e. The van der Waals surface area contributed by atoms with E-state index in [2.05, 4.69) is 40.2 Å². The van der Waals surface area contributed by atoms with Gasteiger partial charge in [-0.1, -0.05) is 12.8 Å². The van der Waals surface area contributed by atoms with Gasteiger partial charge < -0.3 is 10.3 Å². The molecule has 1 saturated carbocycles. The average Bonchev–Trinajstić information content (AvgIpc) is 3.79. The second kappa shape index (κ2) is 11.5. The molecular formula is C32H29FN8O3S. The van der Waals surface area contributed by atoms with Crippen molar-refractivity contribution in [1.82, 2.24) is 34.9 Å². The zero-order chi connectivity index (χ0) is 31.1. The molecule has 13 heteroatoms. The summed E-state index contributed by atoms with van der Waals surface area (Å²) in [5.41, 5.74) is 6.56. The molecule has 228 valence electrons. The molecule has 0 aliphatic heterocycles. The Morgan fingerprint density at radius 2 is 1.80 bits per heavy atom. The number of nitrogens with one attached hydrogen (secondary N) is 4. The number of hydrogen-bond acceptors (Lipinski definition) is 7. The molecule has 1 aliphatic carbocycles. The smallest absolute Gasteiger partial charge is 0.227 e. The van der Waals surface area contributed by atoms with E-state index in [9.17, 15) is 17.6 Å². The van der Waals surface area contributed by atoms with Crippen molar-refractivity contribution >= 4 is 43.7 Å². The van der Waals surface area contributed by atoms with Gasteiger partial charge in [-0.25, -0.2) is 27.5 Å². The van der Waals surface area contributed by atoms with Crippen molar-refractivity contribution in [2.45, 2.75) is 32.2 Å². The van der Waals surface area contributed by atoms with Crippen LogP contribution in [0.3, 0.4) is 0 Å². The van der Waals surface area contributed by atoms with Crippen LogP contribution in [0.1, 0.15) is 31.2 Å². The normalized spacial score (nSPS) is 14.0. The molecule has 0 spiro atoms. The van der Waals surface area contributed by atoms with E-state index in [1.54, 1.807) is 36.9 Å². The zero-order valence-corrected chi connectivity index (χ0v) is 25.1. The number of nitrogens with zero attached hydrogens (tertiary/aromatic N) is 4. The summed E-state index contributed by atoms with van der Waals surface area (Å²) in [6, 6.07) is 12.0. The quantitative estimate of drug-likeness (QED) is 0.173. The Bertz CT molecular complexity index is 2190. The fourth-order valence-electron chi connectivity index (χ4n) is 5.90. The van der Waals surface area contributed by atoms with Crippen molar-refractivity contribution in [2.75, 3.05) is 11.6 Å². The topological polar surface area (TPSA) is 158 Å². The van der Waals surface area contributed by atoms with Gasteiger partial charge in [0.1, 0.15) is 11.5 Å². The van der Waals surface area contributed by atoms with E-state index >= 15 is 0 Å². The van der Waals surface area contributed by atoms with Crippen molar-refractivity contribution in [3.63, 3.8) is 0 Å². The first-order valence-electron chi connectivity index (χ1n) is 14.5. The Labute approximate surface area is 257 Å². The summed E-state index contributed by atoms with van der Waals surface area (Å²) in [5.74, 6) is -0.399. The van der Waals surface area contributed by atoms with Crippen LogP contribution in [0.25, 0.3) is 55.7 Å². The van der Waals surface area contributed by atoms with E-state index in [-0.39, 0.29) is 18.4 Å². The van der Waals surface area contributed by atoms with Crippen LogP contribution in [0.5, 0.6) is 0 Å². The standard InChI is InChI=1S/C32H29FN8O3S/c1-45(43,44)37-14-18-8-20(10-23(33)9-18)25-6-7-35-30-26(25)13-28(39-30)29-27-12-22(16-36-31(27)41-40-29)21-11-24(17-34-15-21)38-32(42)19-4-2-3-5-19/h6-13,15-17,19,37H,2-5,14H2,1H3,(H,35,39)(H,38,42)(H,36,40,41).